The van der Waals surface area contributed by atoms with Gasteiger partial charge in [-0.2, -0.15) is 0 Å². The van der Waals surface area contributed by atoms with Gasteiger partial charge in [0.05, 0.1) is 0 Å². The van der Waals surface area contributed by atoms with Crippen LogP contribution in [0.1, 0.15) is 37.0 Å². The zero-order valence-electron chi connectivity index (χ0n) is 15.7. The fourth-order valence-corrected chi connectivity index (χ4v) is 3.63. The Morgan fingerprint density at radius 3 is 2.48 bits per heavy atom. The van der Waals surface area contributed by atoms with Crippen molar-refractivity contribution in [2.24, 2.45) is 5.92 Å². The molecule has 4 nitrogen and oxygen atoms in total. The van der Waals surface area contributed by atoms with E-state index in [0.717, 1.165) is 16.7 Å². The van der Waals surface area contributed by atoms with Gasteiger partial charge in [0.15, 0.2) is 0 Å². The fourth-order valence-electron chi connectivity index (χ4n) is 3.43. The third-order valence-electron chi connectivity index (χ3n) is 4.87. The first-order chi connectivity index (χ1) is 13.0. The molecule has 1 unspecified atom stereocenters. The van der Waals surface area contributed by atoms with Crippen molar-refractivity contribution in [2.75, 3.05) is 0 Å². The topological polar surface area (TPSA) is 49.4 Å². The smallest absolute Gasteiger partial charge is 0.243 e. The van der Waals surface area contributed by atoms with Crippen LogP contribution in [0.3, 0.4) is 0 Å². The van der Waals surface area contributed by atoms with E-state index in [0.29, 0.717) is 31.0 Å². The molecule has 1 aliphatic heterocycles. The summed E-state index contributed by atoms with van der Waals surface area (Å²) >= 11 is 6.18. The first kappa shape index (κ1) is 19.4. The average Bonchev–Trinajstić information content (AvgIpc) is 2.65. The zero-order valence-corrected chi connectivity index (χ0v) is 16.5. The first-order valence-corrected chi connectivity index (χ1v) is 9.71. The largest absolute Gasteiger partial charge is 0.350 e. The van der Waals surface area contributed by atoms with E-state index in [1.54, 1.807) is 11.0 Å². The second-order valence-corrected chi connectivity index (χ2v) is 7.82. The third kappa shape index (κ3) is 4.69. The van der Waals surface area contributed by atoms with Crippen molar-refractivity contribution in [3.8, 4) is 0 Å². The molecule has 1 heterocycles. The lowest BCUT2D eigenvalue weighted by Crippen LogP contribution is -2.52. The zero-order chi connectivity index (χ0) is 19.4. The molecule has 0 aliphatic carbocycles. The Kier molecular flexibility index (Phi) is 6.17. The van der Waals surface area contributed by atoms with Gasteiger partial charge >= 0.3 is 0 Å². The molecule has 0 aromatic heterocycles. The van der Waals surface area contributed by atoms with Crippen molar-refractivity contribution >= 4 is 23.4 Å². The predicted octanol–water partition coefficient (Wildman–Crippen LogP) is 3.96. The SMILES string of the molecule is CC(C)CC(=O)N1Cc2ccccc2CC1C(=O)NCc1ccccc1Cl. The van der Waals surface area contributed by atoms with Crippen molar-refractivity contribution in [3.63, 3.8) is 0 Å². The lowest BCUT2D eigenvalue weighted by Gasteiger charge is -2.36. The molecule has 2 aromatic carbocycles. The van der Waals surface area contributed by atoms with Crippen LogP contribution < -0.4 is 5.32 Å². The Balaban J connectivity index is 1.77. The van der Waals surface area contributed by atoms with Crippen LogP contribution in [0.2, 0.25) is 5.02 Å². The molecule has 27 heavy (non-hydrogen) atoms. The summed E-state index contributed by atoms with van der Waals surface area (Å²) in [6.45, 7) is 4.86. The van der Waals surface area contributed by atoms with E-state index < -0.39 is 6.04 Å². The Morgan fingerprint density at radius 2 is 1.78 bits per heavy atom. The number of halogens is 1. The minimum absolute atomic E-state index is 0.0254. The number of amides is 2. The van der Waals surface area contributed by atoms with Crippen LogP contribution in [-0.4, -0.2) is 22.8 Å². The second-order valence-electron chi connectivity index (χ2n) is 7.42. The lowest BCUT2D eigenvalue weighted by molar-refractivity contribution is -0.142. The maximum atomic E-state index is 12.9. The summed E-state index contributed by atoms with van der Waals surface area (Å²) in [6, 6.07) is 15.0. The molecular formula is C22H25ClN2O2. The van der Waals surface area contributed by atoms with E-state index >= 15 is 0 Å². The number of hydrogen-bond donors (Lipinski definition) is 1. The van der Waals surface area contributed by atoms with E-state index in [1.807, 2.05) is 56.3 Å². The summed E-state index contributed by atoms with van der Waals surface area (Å²) in [5.41, 5.74) is 3.11. The molecule has 1 atom stereocenters. The second kappa shape index (κ2) is 8.57. The van der Waals surface area contributed by atoms with E-state index in [4.69, 9.17) is 11.6 Å². The molecule has 0 fully saturated rings. The van der Waals surface area contributed by atoms with Crippen molar-refractivity contribution in [3.05, 3.63) is 70.2 Å². The maximum absolute atomic E-state index is 12.9. The summed E-state index contributed by atoms with van der Waals surface area (Å²) in [7, 11) is 0. The lowest BCUT2D eigenvalue weighted by atomic mass is 9.92. The predicted molar refractivity (Wildman–Crippen MR) is 107 cm³/mol. The van der Waals surface area contributed by atoms with Crippen molar-refractivity contribution < 1.29 is 9.59 Å². The van der Waals surface area contributed by atoms with Gasteiger partial charge in [-0.15, -0.1) is 0 Å². The molecule has 0 saturated carbocycles. The maximum Gasteiger partial charge on any atom is 0.243 e. The number of carbonyl (C=O) groups excluding carboxylic acids is 2. The molecule has 2 aromatic rings. The number of carbonyl (C=O) groups is 2. The molecule has 0 spiro atoms. The van der Waals surface area contributed by atoms with E-state index in [1.165, 1.54) is 0 Å². The summed E-state index contributed by atoms with van der Waals surface area (Å²) in [5.74, 6) is 0.139. The summed E-state index contributed by atoms with van der Waals surface area (Å²) in [6.07, 6.45) is 0.977. The summed E-state index contributed by atoms with van der Waals surface area (Å²) in [4.78, 5) is 27.5. The Bertz CT molecular complexity index is 835. The highest BCUT2D eigenvalue weighted by Gasteiger charge is 2.34. The van der Waals surface area contributed by atoms with Gasteiger partial charge in [-0.1, -0.05) is 67.9 Å². The number of nitrogens with one attached hydrogen (secondary N) is 1. The fraction of sp³-hybridized carbons (Fsp3) is 0.364. The van der Waals surface area contributed by atoms with Gasteiger partial charge in [-0.05, 0) is 28.7 Å². The molecule has 3 rings (SSSR count). The van der Waals surface area contributed by atoms with E-state index in [-0.39, 0.29) is 17.7 Å². The highest BCUT2D eigenvalue weighted by Crippen LogP contribution is 2.25. The molecule has 0 bridgehead atoms. The first-order valence-electron chi connectivity index (χ1n) is 9.33. The quantitative estimate of drug-likeness (QED) is 0.848. The molecule has 142 valence electrons. The number of nitrogens with zero attached hydrogens (tertiary/aromatic N) is 1. The average molecular weight is 385 g/mol. The van der Waals surface area contributed by atoms with Crippen LogP contribution in [0.5, 0.6) is 0 Å². The van der Waals surface area contributed by atoms with Crippen LogP contribution in [0.4, 0.5) is 0 Å². The van der Waals surface area contributed by atoms with Crippen LogP contribution in [-0.2, 0) is 29.1 Å². The molecule has 0 radical (unpaired) electrons. The molecule has 0 saturated heterocycles. The highest BCUT2D eigenvalue weighted by molar-refractivity contribution is 6.31. The van der Waals surface area contributed by atoms with Crippen LogP contribution in [0.25, 0.3) is 0 Å². The Labute approximate surface area is 165 Å². The van der Waals surface area contributed by atoms with Gasteiger partial charge in [0.25, 0.3) is 0 Å². The summed E-state index contributed by atoms with van der Waals surface area (Å²) in [5, 5.41) is 3.59. The normalized spacial score (nSPS) is 16.1. The van der Waals surface area contributed by atoms with Crippen LogP contribution in [0, 0.1) is 5.92 Å². The standard InChI is InChI=1S/C22H25ClN2O2/c1-15(2)11-21(26)25-14-18-9-4-3-7-16(18)12-20(25)22(27)24-13-17-8-5-6-10-19(17)23/h3-10,15,20H,11-14H2,1-2H3,(H,24,27). The van der Waals surface area contributed by atoms with E-state index in [2.05, 4.69) is 5.32 Å². The van der Waals surface area contributed by atoms with Gasteiger partial charge in [-0.3, -0.25) is 9.59 Å². The minimum Gasteiger partial charge on any atom is -0.350 e. The molecule has 5 heteroatoms. The molecule has 1 N–H and O–H groups in total. The van der Waals surface area contributed by atoms with Crippen LogP contribution >= 0.6 is 11.6 Å². The Hall–Kier alpha value is -2.33. The minimum atomic E-state index is -0.492. The van der Waals surface area contributed by atoms with Crippen molar-refractivity contribution in [2.45, 2.75) is 45.8 Å². The van der Waals surface area contributed by atoms with Crippen LogP contribution in [0.15, 0.2) is 48.5 Å². The van der Waals surface area contributed by atoms with E-state index in [9.17, 15) is 9.59 Å². The van der Waals surface area contributed by atoms with Crippen molar-refractivity contribution in [1.29, 1.82) is 0 Å². The van der Waals surface area contributed by atoms with Gasteiger partial charge in [0, 0.05) is 31.0 Å². The number of rotatable bonds is 5. The number of fused-ring (bicyclic) bond motifs is 1. The Morgan fingerprint density at radius 1 is 1.11 bits per heavy atom. The highest BCUT2D eigenvalue weighted by atomic mass is 35.5. The van der Waals surface area contributed by atoms with Crippen molar-refractivity contribution in [1.82, 2.24) is 10.2 Å². The van der Waals surface area contributed by atoms with Gasteiger partial charge in [-0.25, -0.2) is 0 Å². The monoisotopic (exact) mass is 384 g/mol. The molecular weight excluding hydrogens is 360 g/mol. The number of hydrogen-bond acceptors (Lipinski definition) is 2. The summed E-state index contributed by atoms with van der Waals surface area (Å²) < 4.78 is 0. The van der Waals surface area contributed by atoms with Gasteiger partial charge < -0.3 is 10.2 Å². The molecule has 2 amide bonds. The number of benzene rings is 2. The van der Waals surface area contributed by atoms with Gasteiger partial charge in [0.1, 0.15) is 6.04 Å². The third-order valence-corrected chi connectivity index (χ3v) is 5.23. The molecule has 1 aliphatic rings. The van der Waals surface area contributed by atoms with Gasteiger partial charge in [0.2, 0.25) is 11.8 Å².